The second kappa shape index (κ2) is 6.10. The second-order valence-electron chi connectivity index (χ2n) is 3.62. The largest absolute Gasteiger partial charge is 0.393 e. The molecule has 0 spiro atoms. The number of aliphatic hydroxyl groups is 1. The predicted molar refractivity (Wildman–Crippen MR) is 63.6 cm³/mol. The number of aliphatic hydroxyl groups excluding tert-OH is 1. The van der Waals surface area contributed by atoms with Gasteiger partial charge in [0.25, 0.3) is 0 Å². The molecule has 1 aromatic rings. The van der Waals surface area contributed by atoms with Gasteiger partial charge in [-0.05, 0) is 37.1 Å². The van der Waals surface area contributed by atoms with Crippen LogP contribution in [-0.2, 0) is 5.75 Å². The summed E-state index contributed by atoms with van der Waals surface area (Å²) in [5.41, 5.74) is 2.76. The van der Waals surface area contributed by atoms with Gasteiger partial charge in [-0.25, -0.2) is 0 Å². The molecular weight excluding hydrogens is 192 g/mol. The first-order valence-electron chi connectivity index (χ1n) is 5.00. The zero-order chi connectivity index (χ0) is 10.4. The molecule has 0 radical (unpaired) electrons. The van der Waals surface area contributed by atoms with Crippen LogP contribution in [-0.4, -0.2) is 17.0 Å². The number of aryl methyl sites for hydroxylation is 1. The van der Waals surface area contributed by atoms with E-state index in [1.54, 1.807) is 0 Å². The first kappa shape index (κ1) is 11.6. The highest BCUT2D eigenvalue weighted by Crippen LogP contribution is 2.16. The summed E-state index contributed by atoms with van der Waals surface area (Å²) in [5.74, 6) is 2.09. The molecule has 0 fully saturated rings. The molecule has 14 heavy (non-hydrogen) atoms. The van der Waals surface area contributed by atoms with Crippen molar-refractivity contribution in [2.45, 2.75) is 32.1 Å². The molecule has 0 aliphatic heterocycles. The molecule has 78 valence electrons. The topological polar surface area (TPSA) is 20.2 Å². The van der Waals surface area contributed by atoms with Gasteiger partial charge in [-0.2, -0.15) is 11.8 Å². The fourth-order valence-corrected chi connectivity index (χ4v) is 2.40. The normalized spacial score (nSPS) is 12.8. The monoisotopic (exact) mass is 210 g/mol. The van der Waals surface area contributed by atoms with E-state index in [-0.39, 0.29) is 6.10 Å². The van der Waals surface area contributed by atoms with Crippen LogP contribution in [0.4, 0.5) is 0 Å². The molecule has 1 unspecified atom stereocenters. The quantitative estimate of drug-likeness (QED) is 0.754. The van der Waals surface area contributed by atoms with Crippen LogP contribution in [0.1, 0.15) is 24.5 Å². The molecule has 0 bridgehead atoms. The second-order valence-corrected chi connectivity index (χ2v) is 4.72. The Morgan fingerprint density at radius 3 is 2.71 bits per heavy atom. The highest BCUT2D eigenvalue weighted by molar-refractivity contribution is 7.98. The van der Waals surface area contributed by atoms with E-state index < -0.39 is 0 Å². The summed E-state index contributed by atoms with van der Waals surface area (Å²) in [6.07, 6.45) is 0.718. The van der Waals surface area contributed by atoms with Gasteiger partial charge >= 0.3 is 0 Å². The van der Waals surface area contributed by atoms with Crippen molar-refractivity contribution in [2.75, 3.05) is 5.75 Å². The van der Waals surface area contributed by atoms with Gasteiger partial charge in [0.1, 0.15) is 0 Å². The Balaban J connectivity index is 2.28. The van der Waals surface area contributed by atoms with Crippen molar-refractivity contribution in [3.05, 3.63) is 35.4 Å². The maximum Gasteiger partial charge on any atom is 0.0520 e. The number of hydrogen-bond acceptors (Lipinski definition) is 2. The van der Waals surface area contributed by atoms with Gasteiger partial charge < -0.3 is 5.11 Å². The molecule has 0 aliphatic carbocycles. The summed E-state index contributed by atoms with van der Waals surface area (Å²) >= 11 is 1.89. The summed E-state index contributed by atoms with van der Waals surface area (Å²) in [6.45, 7) is 3.99. The van der Waals surface area contributed by atoms with E-state index >= 15 is 0 Å². The Morgan fingerprint density at radius 1 is 1.36 bits per heavy atom. The van der Waals surface area contributed by atoms with Gasteiger partial charge in [0.2, 0.25) is 0 Å². The van der Waals surface area contributed by atoms with Crippen molar-refractivity contribution >= 4 is 11.8 Å². The SMILES string of the molecule is Cc1ccccc1CSCCC(C)O. The molecule has 1 N–H and O–H groups in total. The van der Waals surface area contributed by atoms with E-state index in [0.29, 0.717) is 0 Å². The molecule has 0 saturated heterocycles. The number of hydrogen-bond donors (Lipinski definition) is 1. The molecule has 0 aromatic heterocycles. The van der Waals surface area contributed by atoms with Gasteiger partial charge in [0.05, 0.1) is 6.10 Å². The highest BCUT2D eigenvalue weighted by Gasteiger charge is 1.98. The van der Waals surface area contributed by atoms with Crippen LogP contribution in [0.25, 0.3) is 0 Å². The lowest BCUT2D eigenvalue weighted by Crippen LogP contribution is -2.00. The van der Waals surface area contributed by atoms with Crippen LogP contribution >= 0.6 is 11.8 Å². The minimum absolute atomic E-state index is 0.167. The average Bonchev–Trinajstić information content (AvgIpc) is 2.15. The standard InChI is InChI=1S/C12H18OS/c1-10-5-3-4-6-12(10)9-14-8-7-11(2)13/h3-6,11,13H,7-9H2,1-2H3. The van der Waals surface area contributed by atoms with Crippen molar-refractivity contribution in [3.63, 3.8) is 0 Å². The van der Waals surface area contributed by atoms with Crippen LogP contribution < -0.4 is 0 Å². The summed E-state index contributed by atoms with van der Waals surface area (Å²) < 4.78 is 0. The molecule has 0 aliphatic rings. The number of thioether (sulfide) groups is 1. The number of benzene rings is 1. The van der Waals surface area contributed by atoms with Crippen LogP contribution in [0.15, 0.2) is 24.3 Å². The average molecular weight is 210 g/mol. The smallest absolute Gasteiger partial charge is 0.0520 e. The summed E-state index contributed by atoms with van der Waals surface area (Å²) in [7, 11) is 0. The first-order chi connectivity index (χ1) is 6.70. The van der Waals surface area contributed by atoms with Gasteiger partial charge in [-0.15, -0.1) is 0 Å². The lowest BCUT2D eigenvalue weighted by Gasteiger charge is -2.06. The summed E-state index contributed by atoms with van der Waals surface area (Å²) in [6, 6.07) is 8.46. The van der Waals surface area contributed by atoms with Gasteiger partial charge in [0.15, 0.2) is 0 Å². The molecule has 0 amide bonds. The van der Waals surface area contributed by atoms with E-state index in [1.165, 1.54) is 11.1 Å². The van der Waals surface area contributed by atoms with Crippen LogP contribution in [0.3, 0.4) is 0 Å². The van der Waals surface area contributed by atoms with E-state index in [1.807, 2.05) is 18.7 Å². The molecule has 0 saturated carbocycles. The summed E-state index contributed by atoms with van der Waals surface area (Å²) in [5, 5.41) is 9.09. The summed E-state index contributed by atoms with van der Waals surface area (Å²) in [4.78, 5) is 0. The van der Waals surface area contributed by atoms with E-state index in [2.05, 4.69) is 31.2 Å². The van der Waals surface area contributed by atoms with E-state index in [9.17, 15) is 0 Å². The predicted octanol–water partition coefficient (Wildman–Crippen LogP) is 3.00. The Labute approximate surface area is 90.5 Å². The fraction of sp³-hybridized carbons (Fsp3) is 0.500. The van der Waals surface area contributed by atoms with E-state index in [4.69, 9.17) is 5.11 Å². The first-order valence-corrected chi connectivity index (χ1v) is 6.16. The maximum atomic E-state index is 9.09. The van der Waals surface area contributed by atoms with Crippen LogP contribution in [0.2, 0.25) is 0 Å². The van der Waals surface area contributed by atoms with Gasteiger partial charge in [-0.3, -0.25) is 0 Å². The third kappa shape index (κ3) is 4.16. The maximum absolute atomic E-state index is 9.09. The van der Waals surface area contributed by atoms with Gasteiger partial charge in [0, 0.05) is 5.75 Å². The van der Waals surface area contributed by atoms with Gasteiger partial charge in [-0.1, -0.05) is 24.3 Å². The zero-order valence-corrected chi connectivity index (χ0v) is 9.68. The molecule has 1 nitrogen and oxygen atoms in total. The fourth-order valence-electron chi connectivity index (χ4n) is 1.21. The third-order valence-corrected chi connectivity index (χ3v) is 3.24. The Bertz CT molecular complexity index is 271. The molecule has 1 rings (SSSR count). The van der Waals surface area contributed by atoms with E-state index in [0.717, 1.165) is 17.9 Å². The lowest BCUT2D eigenvalue weighted by molar-refractivity contribution is 0.192. The van der Waals surface area contributed by atoms with Crippen molar-refractivity contribution in [2.24, 2.45) is 0 Å². The van der Waals surface area contributed by atoms with Crippen molar-refractivity contribution in [1.29, 1.82) is 0 Å². The number of rotatable bonds is 5. The van der Waals surface area contributed by atoms with Crippen LogP contribution in [0, 0.1) is 6.92 Å². The van der Waals surface area contributed by atoms with Crippen molar-refractivity contribution in [1.82, 2.24) is 0 Å². The van der Waals surface area contributed by atoms with Crippen LogP contribution in [0.5, 0.6) is 0 Å². The minimum atomic E-state index is -0.167. The molecule has 2 heteroatoms. The molecule has 0 heterocycles. The minimum Gasteiger partial charge on any atom is -0.393 e. The highest BCUT2D eigenvalue weighted by atomic mass is 32.2. The molecular formula is C12H18OS. The zero-order valence-electron chi connectivity index (χ0n) is 8.86. The lowest BCUT2D eigenvalue weighted by atomic mass is 10.1. The van der Waals surface area contributed by atoms with Crippen molar-refractivity contribution < 1.29 is 5.11 Å². The van der Waals surface area contributed by atoms with Crippen molar-refractivity contribution in [3.8, 4) is 0 Å². The third-order valence-electron chi connectivity index (χ3n) is 2.20. The Morgan fingerprint density at radius 2 is 2.07 bits per heavy atom. The Hall–Kier alpha value is -0.470. The Kier molecular flexibility index (Phi) is 5.05. The molecule has 1 aromatic carbocycles. The molecule has 1 atom stereocenters.